The van der Waals surface area contributed by atoms with Crippen molar-refractivity contribution in [2.24, 2.45) is 0 Å². The number of aryl methyl sites for hydroxylation is 1. The van der Waals surface area contributed by atoms with Crippen molar-refractivity contribution in [3.63, 3.8) is 0 Å². The molecule has 6 heteroatoms. The molecule has 0 radical (unpaired) electrons. The maximum Gasteiger partial charge on any atom is 0.261 e. The molecule has 0 atom stereocenters. The zero-order chi connectivity index (χ0) is 14.0. The van der Waals surface area contributed by atoms with Gasteiger partial charge >= 0.3 is 0 Å². The summed E-state index contributed by atoms with van der Waals surface area (Å²) >= 11 is 3.17. The number of benzene rings is 2. The summed E-state index contributed by atoms with van der Waals surface area (Å²) in [5.74, 6) is -0.509. The van der Waals surface area contributed by atoms with Gasteiger partial charge in [0.1, 0.15) is 5.82 Å². The summed E-state index contributed by atoms with van der Waals surface area (Å²) in [4.78, 5) is 0.134. The lowest BCUT2D eigenvalue weighted by atomic mass is 10.2. The second-order valence-electron chi connectivity index (χ2n) is 4.04. The van der Waals surface area contributed by atoms with Crippen molar-refractivity contribution >= 4 is 31.6 Å². The van der Waals surface area contributed by atoms with Gasteiger partial charge in [-0.2, -0.15) is 0 Å². The van der Waals surface area contributed by atoms with Crippen LogP contribution in [0.5, 0.6) is 0 Å². The fourth-order valence-electron chi connectivity index (χ4n) is 1.50. The Morgan fingerprint density at radius 1 is 1.11 bits per heavy atom. The minimum Gasteiger partial charge on any atom is -0.278 e. The van der Waals surface area contributed by atoms with Gasteiger partial charge in [0, 0.05) is 4.47 Å². The van der Waals surface area contributed by atoms with E-state index in [0.29, 0.717) is 4.47 Å². The van der Waals surface area contributed by atoms with E-state index in [1.807, 2.05) is 6.92 Å². The minimum absolute atomic E-state index is 0.134. The Morgan fingerprint density at radius 2 is 1.74 bits per heavy atom. The third-order valence-corrected chi connectivity index (χ3v) is 4.58. The summed E-state index contributed by atoms with van der Waals surface area (Å²) in [6.07, 6.45) is 0. The number of halogens is 2. The average Bonchev–Trinajstić information content (AvgIpc) is 2.34. The lowest BCUT2D eigenvalue weighted by Crippen LogP contribution is -2.13. The summed E-state index contributed by atoms with van der Waals surface area (Å²) in [5.41, 5.74) is 1.13. The van der Waals surface area contributed by atoms with E-state index in [9.17, 15) is 12.8 Å². The molecule has 0 fully saturated rings. The SMILES string of the molecule is Cc1ccc(S(=O)(=O)Nc2cc(F)ccc2Br)cc1. The maximum atomic E-state index is 13.1. The zero-order valence-corrected chi connectivity index (χ0v) is 12.4. The highest BCUT2D eigenvalue weighted by Gasteiger charge is 2.15. The summed E-state index contributed by atoms with van der Waals surface area (Å²) in [6.45, 7) is 1.87. The molecule has 0 aromatic heterocycles. The van der Waals surface area contributed by atoms with E-state index in [4.69, 9.17) is 0 Å². The largest absolute Gasteiger partial charge is 0.278 e. The van der Waals surface area contributed by atoms with Crippen LogP contribution in [0.3, 0.4) is 0 Å². The second kappa shape index (κ2) is 5.30. The molecule has 3 nitrogen and oxygen atoms in total. The number of rotatable bonds is 3. The van der Waals surface area contributed by atoms with Crippen LogP contribution in [0.15, 0.2) is 51.8 Å². The molecule has 0 aliphatic heterocycles. The molecule has 0 amide bonds. The van der Waals surface area contributed by atoms with E-state index in [1.165, 1.54) is 24.3 Å². The third-order valence-electron chi connectivity index (χ3n) is 2.50. The standard InChI is InChI=1S/C13H11BrFNO2S/c1-9-2-5-11(6-3-9)19(17,18)16-13-8-10(15)4-7-12(13)14/h2-8,16H,1H3. The van der Waals surface area contributed by atoms with Crippen LogP contribution in [-0.2, 0) is 10.0 Å². The monoisotopic (exact) mass is 343 g/mol. The molecule has 0 heterocycles. The average molecular weight is 344 g/mol. The lowest BCUT2D eigenvalue weighted by Gasteiger charge is -2.10. The van der Waals surface area contributed by atoms with Crippen LogP contribution in [0, 0.1) is 12.7 Å². The topological polar surface area (TPSA) is 46.2 Å². The van der Waals surface area contributed by atoms with Gasteiger partial charge in [-0.05, 0) is 53.2 Å². The smallest absolute Gasteiger partial charge is 0.261 e. The molecule has 2 aromatic carbocycles. The summed E-state index contributed by atoms with van der Waals surface area (Å²) in [6, 6.07) is 10.2. The molecule has 0 saturated heterocycles. The first-order chi connectivity index (χ1) is 8.88. The highest BCUT2D eigenvalue weighted by molar-refractivity contribution is 9.10. The van der Waals surface area contributed by atoms with E-state index in [2.05, 4.69) is 20.7 Å². The highest BCUT2D eigenvalue weighted by Crippen LogP contribution is 2.25. The van der Waals surface area contributed by atoms with Gasteiger partial charge in [-0.3, -0.25) is 4.72 Å². The van der Waals surface area contributed by atoms with Crippen LogP contribution < -0.4 is 4.72 Å². The number of anilines is 1. The zero-order valence-electron chi connectivity index (χ0n) is 10.0. The van der Waals surface area contributed by atoms with Gasteiger partial charge in [0.15, 0.2) is 0 Å². The Bertz CT molecular complexity index is 699. The lowest BCUT2D eigenvalue weighted by molar-refractivity contribution is 0.601. The van der Waals surface area contributed by atoms with Gasteiger partial charge in [0.2, 0.25) is 0 Å². The van der Waals surface area contributed by atoms with Crippen LogP contribution in [-0.4, -0.2) is 8.42 Å². The molecule has 19 heavy (non-hydrogen) atoms. The fraction of sp³-hybridized carbons (Fsp3) is 0.0769. The number of hydrogen-bond acceptors (Lipinski definition) is 2. The first kappa shape index (κ1) is 14.0. The molecule has 0 aliphatic rings. The molecular formula is C13H11BrFNO2S. The Kier molecular flexibility index (Phi) is 3.91. The van der Waals surface area contributed by atoms with Crippen LogP contribution in [0.1, 0.15) is 5.56 Å². The van der Waals surface area contributed by atoms with Gasteiger partial charge in [0.05, 0.1) is 10.6 Å². The van der Waals surface area contributed by atoms with Crippen molar-refractivity contribution in [2.75, 3.05) is 4.72 Å². The van der Waals surface area contributed by atoms with Crippen LogP contribution in [0.2, 0.25) is 0 Å². The van der Waals surface area contributed by atoms with Gasteiger partial charge in [-0.25, -0.2) is 12.8 Å². The molecule has 100 valence electrons. The first-order valence-electron chi connectivity index (χ1n) is 5.43. The Balaban J connectivity index is 2.36. The minimum atomic E-state index is -3.72. The molecule has 1 N–H and O–H groups in total. The van der Waals surface area contributed by atoms with Crippen molar-refractivity contribution in [3.05, 3.63) is 58.3 Å². The Morgan fingerprint density at radius 3 is 2.37 bits per heavy atom. The van der Waals surface area contributed by atoms with E-state index in [1.54, 1.807) is 12.1 Å². The van der Waals surface area contributed by atoms with Crippen molar-refractivity contribution in [1.29, 1.82) is 0 Å². The predicted molar refractivity (Wildman–Crippen MR) is 76.1 cm³/mol. The second-order valence-corrected chi connectivity index (χ2v) is 6.58. The van der Waals surface area contributed by atoms with Gasteiger partial charge in [-0.15, -0.1) is 0 Å². The van der Waals surface area contributed by atoms with E-state index in [0.717, 1.165) is 11.6 Å². The molecule has 0 unspecified atom stereocenters. The molecule has 0 spiro atoms. The maximum absolute atomic E-state index is 13.1. The van der Waals surface area contributed by atoms with Crippen LogP contribution in [0.4, 0.5) is 10.1 Å². The van der Waals surface area contributed by atoms with Gasteiger partial charge < -0.3 is 0 Å². The summed E-state index contributed by atoms with van der Waals surface area (Å²) < 4.78 is 40.2. The molecule has 0 bridgehead atoms. The van der Waals surface area contributed by atoms with E-state index in [-0.39, 0.29) is 10.6 Å². The van der Waals surface area contributed by atoms with Crippen LogP contribution in [0.25, 0.3) is 0 Å². The van der Waals surface area contributed by atoms with E-state index >= 15 is 0 Å². The summed E-state index contributed by atoms with van der Waals surface area (Å²) in [7, 11) is -3.72. The van der Waals surface area contributed by atoms with Crippen molar-refractivity contribution in [1.82, 2.24) is 0 Å². The molecule has 0 aliphatic carbocycles. The van der Waals surface area contributed by atoms with Crippen LogP contribution >= 0.6 is 15.9 Å². The number of nitrogens with one attached hydrogen (secondary N) is 1. The Hall–Kier alpha value is -1.40. The fourth-order valence-corrected chi connectivity index (χ4v) is 3.04. The normalized spacial score (nSPS) is 11.3. The summed E-state index contributed by atoms with van der Waals surface area (Å²) in [5, 5.41) is 0. The van der Waals surface area contributed by atoms with E-state index < -0.39 is 15.8 Å². The molecule has 2 rings (SSSR count). The first-order valence-corrected chi connectivity index (χ1v) is 7.71. The third kappa shape index (κ3) is 3.33. The molecule has 0 saturated carbocycles. The van der Waals surface area contributed by atoms with Crippen molar-refractivity contribution < 1.29 is 12.8 Å². The highest BCUT2D eigenvalue weighted by atomic mass is 79.9. The number of hydrogen-bond donors (Lipinski definition) is 1. The Labute approximate surface area is 119 Å². The van der Waals surface area contributed by atoms with Crippen molar-refractivity contribution in [3.8, 4) is 0 Å². The van der Waals surface area contributed by atoms with Crippen molar-refractivity contribution in [2.45, 2.75) is 11.8 Å². The molecule has 2 aromatic rings. The molecular weight excluding hydrogens is 333 g/mol. The quantitative estimate of drug-likeness (QED) is 0.923. The van der Waals surface area contributed by atoms with Gasteiger partial charge in [0.25, 0.3) is 10.0 Å². The predicted octanol–water partition coefficient (Wildman–Crippen LogP) is 3.70. The number of sulfonamides is 1. The van der Waals surface area contributed by atoms with Gasteiger partial charge in [-0.1, -0.05) is 17.7 Å².